The van der Waals surface area contributed by atoms with Crippen LogP contribution in [0.2, 0.25) is 0 Å². The summed E-state index contributed by atoms with van der Waals surface area (Å²) in [5.41, 5.74) is 3.71. The van der Waals surface area contributed by atoms with E-state index < -0.39 is 12.0 Å². The Labute approximate surface area is 208 Å². The van der Waals surface area contributed by atoms with Gasteiger partial charge in [-0.25, -0.2) is 9.79 Å². The minimum absolute atomic E-state index is 0.164. The third kappa shape index (κ3) is 5.00. The number of rotatable bonds is 7. The average Bonchev–Trinajstić information content (AvgIpc) is 3.14. The third-order valence-electron chi connectivity index (χ3n) is 6.00. The van der Waals surface area contributed by atoms with E-state index in [9.17, 15) is 14.7 Å². The van der Waals surface area contributed by atoms with Crippen LogP contribution in [0.25, 0.3) is 6.08 Å². The number of hydrogen-bond acceptors (Lipinski definition) is 6. The molecule has 0 saturated carbocycles. The first-order valence-electron chi connectivity index (χ1n) is 11.9. The maximum Gasteiger partial charge on any atom is 0.338 e. The lowest BCUT2D eigenvalue weighted by atomic mass is 9.92. The molecule has 4 rings (SSSR count). The highest BCUT2D eigenvalue weighted by Crippen LogP contribution is 2.33. The van der Waals surface area contributed by atoms with Gasteiger partial charge in [0.2, 0.25) is 0 Å². The molecule has 0 saturated heterocycles. The predicted octanol–water partition coefficient (Wildman–Crippen LogP) is 4.41. The Balaban J connectivity index is 1.97. The van der Waals surface area contributed by atoms with Gasteiger partial charge in [-0.15, -0.1) is 0 Å². The topological polar surface area (TPSA) is 80.9 Å². The van der Waals surface area contributed by atoms with Crippen LogP contribution < -0.4 is 14.9 Å². The van der Waals surface area contributed by atoms with Gasteiger partial charge in [0, 0.05) is 0 Å². The van der Waals surface area contributed by atoms with Crippen LogP contribution in [0.1, 0.15) is 69.2 Å². The number of nitrogens with zero attached hydrogens (tertiary/aromatic N) is 2. The first-order valence-corrected chi connectivity index (χ1v) is 12.8. The highest BCUT2D eigenvalue weighted by Gasteiger charge is 2.34. The monoisotopic (exact) mass is 490 g/mol. The highest BCUT2D eigenvalue weighted by atomic mass is 32.1. The van der Waals surface area contributed by atoms with Crippen molar-refractivity contribution in [2.75, 3.05) is 6.61 Å². The third-order valence-corrected chi connectivity index (χ3v) is 6.98. The van der Waals surface area contributed by atoms with Crippen molar-refractivity contribution < 1.29 is 14.6 Å². The summed E-state index contributed by atoms with van der Waals surface area (Å²) in [5.74, 6) is 0.0919. The van der Waals surface area contributed by atoms with Crippen LogP contribution in [0, 0.1) is 0 Å². The summed E-state index contributed by atoms with van der Waals surface area (Å²) < 4.78 is 7.57. The molecule has 0 aliphatic carbocycles. The molecule has 6 nitrogen and oxygen atoms in total. The smallest absolute Gasteiger partial charge is 0.338 e. The van der Waals surface area contributed by atoms with E-state index in [4.69, 9.17) is 9.73 Å². The first kappa shape index (κ1) is 24.7. The number of ether oxygens (including phenoxy) is 1. The molecule has 7 heteroatoms. The summed E-state index contributed by atoms with van der Waals surface area (Å²) in [6, 6.07) is 14.1. The van der Waals surface area contributed by atoms with Crippen molar-refractivity contribution in [3.8, 4) is 5.75 Å². The molecule has 0 bridgehead atoms. The molecule has 0 unspecified atom stereocenters. The van der Waals surface area contributed by atoms with Crippen molar-refractivity contribution in [1.82, 2.24) is 4.57 Å². The largest absolute Gasteiger partial charge is 0.508 e. The van der Waals surface area contributed by atoms with E-state index in [0.717, 1.165) is 17.5 Å². The number of esters is 1. The fraction of sp³-hybridized carbons (Fsp3) is 0.321. The van der Waals surface area contributed by atoms with E-state index in [1.807, 2.05) is 19.1 Å². The van der Waals surface area contributed by atoms with Gasteiger partial charge >= 0.3 is 5.97 Å². The van der Waals surface area contributed by atoms with Gasteiger partial charge in [0.15, 0.2) is 4.80 Å². The lowest BCUT2D eigenvalue weighted by molar-refractivity contribution is -0.139. The Hall–Kier alpha value is -3.45. The van der Waals surface area contributed by atoms with Crippen LogP contribution in [-0.2, 0) is 9.53 Å². The average molecular weight is 491 g/mol. The molecule has 1 aromatic heterocycles. The summed E-state index contributed by atoms with van der Waals surface area (Å²) in [7, 11) is 0. The molecule has 3 aromatic rings. The fourth-order valence-corrected chi connectivity index (χ4v) is 5.24. The second kappa shape index (κ2) is 10.4. The number of hydrogen-bond donors (Lipinski definition) is 1. The minimum atomic E-state index is -0.616. The second-order valence-corrected chi connectivity index (χ2v) is 9.84. The van der Waals surface area contributed by atoms with Crippen LogP contribution in [0.5, 0.6) is 5.75 Å². The molecule has 2 heterocycles. The van der Waals surface area contributed by atoms with Gasteiger partial charge in [-0.05, 0) is 54.2 Å². The number of phenolic OH excluding ortho intramolecular Hbond substituents is 1. The normalized spacial score (nSPS) is 15.8. The molecule has 2 aromatic carbocycles. The van der Waals surface area contributed by atoms with E-state index >= 15 is 0 Å². The maximum absolute atomic E-state index is 13.7. The van der Waals surface area contributed by atoms with Crippen LogP contribution in [0.4, 0.5) is 0 Å². The van der Waals surface area contributed by atoms with Gasteiger partial charge in [-0.3, -0.25) is 9.36 Å². The summed E-state index contributed by atoms with van der Waals surface area (Å²) >= 11 is 1.30. The van der Waals surface area contributed by atoms with Crippen LogP contribution >= 0.6 is 11.3 Å². The number of carbonyl (C=O) groups is 1. The summed E-state index contributed by atoms with van der Waals surface area (Å²) in [6.07, 6.45) is 3.20. The number of thiazole rings is 1. The number of allylic oxidation sites excluding steroid dienone is 1. The second-order valence-electron chi connectivity index (χ2n) is 8.83. The zero-order valence-electron chi connectivity index (χ0n) is 20.4. The molecular formula is C28H30N2O4S. The summed E-state index contributed by atoms with van der Waals surface area (Å²) in [4.78, 5) is 32.2. The van der Waals surface area contributed by atoms with E-state index in [0.29, 0.717) is 32.9 Å². The molecule has 1 aliphatic heterocycles. The van der Waals surface area contributed by atoms with Gasteiger partial charge in [0.25, 0.3) is 5.56 Å². The Morgan fingerprint density at radius 2 is 1.83 bits per heavy atom. The van der Waals surface area contributed by atoms with Crippen molar-refractivity contribution in [2.24, 2.45) is 4.99 Å². The van der Waals surface area contributed by atoms with E-state index in [-0.39, 0.29) is 17.9 Å². The molecule has 0 fully saturated rings. The van der Waals surface area contributed by atoms with Gasteiger partial charge in [-0.1, -0.05) is 74.9 Å². The quantitative estimate of drug-likeness (QED) is 0.498. The first-order chi connectivity index (χ1) is 16.8. The minimum Gasteiger partial charge on any atom is -0.508 e. The summed E-state index contributed by atoms with van der Waals surface area (Å²) in [5, 5.41) is 9.59. The molecule has 35 heavy (non-hydrogen) atoms. The zero-order chi connectivity index (χ0) is 25.1. The molecule has 182 valence electrons. The van der Waals surface area contributed by atoms with E-state index in [2.05, 4.69) is 26.0 Å². The molecule has 1 atom stereocenters. The van der Waals surface area contributed by atoms with Crippen LogP contribution in [-0.4, -0.2) is 22.2 Å². The SMILES string of the molecule is CCCC1=C(C(=O)OCC)[C@H](c2ccc(C(C)C)cc2)n2c(s/c(=C\c3ccc(O)cc3)c2=O)=N1. The highest BCUT2D eigenvalue weighted by molar-refractivity contribution is 7.07. The summed E-state index contributed by atoms with van der Waals surface area (Å²) in [6.45, 7) is 8.32. The standard InChI is InChI=1S/C28H30N2O4S/c1-5-7-22-24(27(33)34-6-2)25(20-12-10-19(11-13-20)17(3)4)30-26(32)23(35-28(30)29-22)16-18-8-14-21(31)15-9-18/h8-17,25,31H,5-7H2,1-4H3/b23-16-/t25-/m0/s1. The number of carbonyl (C=O) groups excluding carboxylic acids is 1. The molecule has 0 amide bonds. The number of aromatic hydroxyl groups is 1. The molecule has 0 radical (unpaired) electrons. The van der Waals surface area contributed by atoms with E-state index in [1.165, 1.54) is 16.9 Å². The molecule has 1 N–H and O–H groups in total. The Morgan fingerprint density at radius 1 is 1.14 bits per heavy atom. The Kier molecular flexibility index (Phi) is 7.36. The lowest BCUT2D eigenvalue weighted by Crippen LogP contribution is -2.40. The van der Waals surface area contributed by atoms with Crippen molar-refractivity contribution in [3.63, 3.8) is 0 Å². The number of phenols is 1. The molecular weight excluding hydrogens is 460 g/mol. The lowest BCUT2D eigenvalue weighted by Gasteiger charge is -2.26. The Morgan fingerprint density at radius 3 is 2.43 bits per heavy atom. The molecule has 1 aliphatic rings. The van der Waals surface area contributed by atoms with Crippen LogP contribution in [0.15, 0.2) is 69.6 Å². The maximum atomic E-state index is 13.7. The van der Waals surface area contributed by atoms with E-state index in [1.54, 1.807) is 41.8 Å². The van der Waals surface area contributed by atoms with Crippen molar-refractivity contribution >= 4 is 23.4 Å². The van der Waals surface area contributed by atoms with Crippen molar-refractivity contribution in [2.45, 2.75) is 52.5 Å². The van der Waals surface area contributed by atoms with Gasteiger partial charge in [-0.2, -0.15) is 0 Å². The van der Waals surface area contributed by atoms with Gasteiger partial charge < -0.3 is 9.84 Å². The van der Waals surface area contributed by atoms with Crippen LogP contribution in [0.3, 0.4) is 0 Å². The number of aromatic nitrogens is 1. The fourth-order valence-electron chi connectivity index (χ4n) is 4.22. The van der Waals surface area contributed by atoms with Crippen molar-refractivity contribution in [1.29, 1.82) is 0 Å². The van der Waals surface area contributed by atoms with Gasteiger partial charge in [0.1, 0.15) is 5.75 Å². The van der Waals surface area contributed by atoms with Gasteiger partial charge in [0.05, 0.1) is 28.5 Å². The predicted molar refractivity (Wildman–Crippen MR) is 138 cm³/mol. The van der Waals surface area contributed by atoms with Crippen molar-refractivity contribution in [3.05, 3.63) is 96.2 Å². The number of benzene rings is 2. The number of fused-ring (bicyclic) bond motifs is 1. The molecule has 0 spiro atoms. The zero-order valence-corrected chi connectivity index (χ0v) is 21.3. The Bertz CT molecular complexity index is 1430.